The Kier molecular flexibility index (Phi) is 3.23. The van der Waals surface area contributed by atoms with Gasteiger partial charge in [-0.2, -0.15) is 0 Å². The molecule has 1 atom stereocenters. The highest BCUT2D eigenvalue weighted by molar-refractivity contribution is 5.00. The van der Waals surface area contributed by atoms with Crippen molar-refractivity contribution in [3.8, 4) is 0 Å². The average Bonchev–Trinajstić information content (AvgIpc) is 2.26. The van der Waals surface area contributed by atoms with E-state index in [2.05, 4.69) is 13.8 Å². The molecule has 4 aliphatic rings. The third-order valence-corrected chi connectivity index (χ3v) is 6.15. The molecule has 0 heterocycles. The minimum atomic E-state index is 0.834. The summed E-state index contributed by atoms with van der Waals surface area (Å²) in [6, 6.07) is 0. The van der Waals surface area contributed by atoms with E-state index in [0.717, 1.165) is 48.0 Å². The molecule has 0 amide bonds. The first-order valence-electron chi connectivity index (χ1n) is 7.89. The Morgan fingerprint density at radius 1 is 0.941 bits per heavy atom. The fourth-order valence-corrected chi connectivity index (χ4v) is 5.83. The molecule has 1 heteroatoms. The molecule has 98 valence electrons. The Bertz CT molecular complexity index is 243. The second-order valence-corrected chi connectivity index (χ2v) is 7.49. The maximum Gasteiger partial charge on any atom is -0.00744 e. The van der Waals surface area contributed by atoms with Crippen LogP contribution in [0.4, 0.5) is 0 Å². The van der Waals surface area contributed by atoms with Crippen molar-refractivity contribution in [3.63, 3.8) is 0 Å². The van der Waals surface area contributed by atoms with Crippen molar-refractivity contribution in [2.24, 2.45) is 47.2 Å². The minimum Gasteiger partial charge on any atom is -0.330 e. The van der Waals surface area contributed by atoms with Crippen molar-refractivity contribution in [1.82, 2.24) is 0 Å². The number of nitrogens with two attached hydrogens (primary N) is 1. The van der Waals surface area contributed by atoms with Gasteiger partial charge in [0, 0.05) is 0 Å². The first-order chi connectivity index (χ1) is 8.19. The second kappa shape index (κ2) is 4.57. The molecule has 0 aromatic heterocycles. The molecule has 1 unspecified atom stereocenters. The van der Waals surface area contributed by atoms with E-state index >= 15 is 0 Å². The van der Waals surface area contributed by atoms with E-state index in [4.69, 9.17) is 5.73 Å². The lowest BCUT2D eigenvalue weighted by Gasteiger charge is -2.57. The molecule has 4 fully saturated rings. The summed E-state index contributed by atoms with van der Waals surface area (Å²) in [5.41, 5.74) is 5.86. The van der Waals surface area contributed by atoms with Crippen LogP contribution in [0, 0.1) is 41.4 Å². The predicted octanol–water partition coefficient (Wildman–Crippen LogP) is 3.68. The van der Waals surface area contributed by atoms with Gasteiger partial charge < -0.3 is 5.73 Å². The van der Waals surface area contributed by atoms with Crippen molar-refractivity contribution >= 4 is 0 Å². The van der Waals surface area contributed by atoms with Crippen molar-refractivity contribution in [1.29, 1.82) is 0 Å². The molecule has 17 heavy (non-hydrogen) atoms. The summed E-state index contributed by atoms with van der Waals surface area (Å²) in [5.74, 6) is 7.15. The zero-order chi connectivity index (χ0) is 12.0. The lowest BCUT2D eigenvalue weighted by molar-refractivity contribution is -0.0714. The highest BCUT2D eigenvalue weighted by Gasteiger charge is 2.50. The molecule has 4 saturated carbocycles. The van der Waals surface area contributed by atoms with Crippen LogP contribution in [0.2, 0.25) is 0 Å². The molecule has 0 aromatic rings. The van der Waals surface area contributed by atoms with Crippen LogP contribution in [0.1, 0.15) is 52.4 Å². The summed E-state index contributed by atoms with van der Waals surface area (Å²) in [7, 11) is 0. The lowest BCUT2D eigenvalue weighted by atomic mass is 9.48. The fourth-order valence-electron chi connectivity index (χ4n) is 5.83. The van der Waals surface area contributed by atoms with Crippen molar-refractivity contribution < 1.29 is 0 Å². The number of hydrogen-bond acceptors (Lipinski definition) is 1. The van der Waals surface area contributed by atoms with Gasteiger partial charge >= 0.3 is 0 Å². The van der Waals surface area contributed by atoms with Gasteiger partial charge in [-0.3, -0.25) is 0 Å². The minimum absolute atomic E-state index is 0.834. The molecule has 1 nitrogen and oxygen atoms in total. The second-order valence-electron chi connectivity index (χ2n) is 7.49. The largest absolute Gasteiger partial charge is 0.330 e. The van der Waals surface area contributed by atoms with E-state index in [9.17, 15) is 0 Å². The lowest BCUT2D eigenvalue weighted by Crippen LogP contribution is -2.48. The third-order valence-electron chi connectivity index (χ3n) is 6.15. The highest BCUT2D eigenvalue weighted by Crippen LogP contribution is 2.59. The van der Waals surface area contributed by atoms with Gasteiger partial charge in [-0.05, 0) is 86.5 Å². The van der Waals surface area contributed by atoms with E-state index in [1.807, 2.05) is 0 Å². The smallest absolute Gasteiger partial charge is 0.00744 e. The van der Waals surface area contributed by atoms with Gasteiger partial charge in [0.25, 0.3) is 0 Å². The van der Waals surface area contributed by atoms with Gasteiger partial charge in [0.2, 0.25) is 0 Å². The zero-order valence-corrected chi connectivity index (χ0v) is 11.6. The van der Waals surface area contributed by atoms with Crippen LogP contribution in [0.25, 0.3) is 0 Å². The van der Waals surface area contributed by atoms with E-state index in [1.54, 1.807) is 32.1 Å². The standard InChI is InChI=1S/C16H29N/c1-10(2)15(3-4-17)16-13-6-11-5-12(8-13)9-14(16)7-11/h10-16H,3-9,17H2,1-2H3. The SMILES string of the molecule is CC(C)C(CCN)C1C2CC3CC(C2)CC1C3. The molecular formula is C16H29N. The zero-order valence-electron chi connectivity index (χ0n) is 11.6. The van der Waals surface area contributed by atoms with Crippen LogP contribution in [-0.2, 0) is 0 Å². The van der Waals surface area contributed by atoms with Crippen LogP contribution in [0.5, 0.6) is 0 Å². The third kappa shape index (κ3) is 2.05. The summed E-state index contributed by atoms with van der Waals surface area (Å²) in [4.78, 5) is 0. The normalized spacial score (nSPS) is 45.5. The van der Waals surface area contributed by atoms with Crippen LogP contribution in [0.3, 0.4) is 0 Å². The van der Waals surface area contributed by atoms with Crippen LogP contribution in [0.15, 0.2) is 0 Å². The fraction of sp³-hybridized carbons (Fsp3) is 1.00. The Labute approximate surface area is 107 Å². The summed E-state index contributed by atoms with van der Waals surface area (Å²) < 4.78 is 0. The molecule has 0 aliphatic heterocycles. The molecule has 0 spiro atoms. The monoisotopic (exact) mass is 235 g/mol. The summed E-state index contributed by atoms with van der Waals surface area (Å²) >= 11 is 0. The van der Waals surface area contributed by atoms with Gasteiger partial charge in [-0.25, -0.2) is 0 Å². The molecule has 0 saturated heterocycles. The quantitative estimate of drug-likeness (QED) is 0.790. The molecule has 4 aliphatic carbocycles. The first-order valence-corrected chi connectivity index (χ1v) is 7.89. The molecule has 0 radical (unpaired) electrons. The number of rotatable bonds is 4. The highest BCUT2D eigenvalue weighted by atomic mass is 14.6. The summed E-state index contributed by atoms with van der Waals surface area (Å²) in [6.45, 7) is 5.74. The topological polar surface area (TPSA) is 26.0 Å². The Morgan fingerprint density at radius 3 is 1.88 bits per heavy atom. The van der Waals surface area contributed by atoms with Crippen molar-refractivity contribution in [2.75, 3.05) is 6.54 Å². The molecule has 2 N–H and O–H groups in total. The van der Waals surface area contributed by atoms with Crippen molar-refractivity contribution in [2.45, 2.75) is 52.4 Å². The Balaban J connectivity index is 1.78. The molecule has 4 bridgehead atoms. The maximum atomic E-state index is 5.86. The Morgan fingerprint density at radius 2 is 1.47 bits per heavy atom. The van der Waals surface area contributed by atoms with Crippen LogP contribution in [-0.4, -0.2) is 6.54 Å². The van der Waals surface area contributed by atoms with Gasteiger partial charge in [-0.15, -0.1) is 0 Å². The van der Waals surface area contributed by atoms with Crippen LogP contribution < -0.4 is 5.73 Å². The van der Waals surface area contributed by atoms with E-state index in [-0.39, 0.29) is 0 Å². The molecule has 0 aromatic carbocycles. The van der Waals surface area contributed by atoms with E-state index in [0.29, 0.717) is 0 Å². The van der Waals surface area contributed by atoms with Crippen molar-refractivity contribution in [3.05, 3.63) is 0 Å². The summed E-state index contributed by atoms with van der Waals surface area (Å²) in [6.07, 6.45) is 9.08. The van der Waals surface area contributed by atoms with Gasteiger partial charge in [0.15, 0.2) is 0 Å². The predicted molar refractivity (Wildman–Crippen MR) is 72.5 cm³/mol. The van der Waals surface area contributed by atoms with Crippen LogP contribution >= 0.6 is 0 Å². The van der Waals surface area contributed by atoms with Gasteiger partial charge in [-0.1, -0.05) is 13.8 Å². The average molecular weight is 235 g/mol. The number of hydrogen-bond donors (Lipinski definition) is 1. The van der Waals surface area contributed by atoms with E-state index in [1.165, 1.54) is 6.42 Å². The first kappa shape index (κ1) is 12.0. The van der Waals surface area contributed by atoms with Gasteiger partial charge in [0.05, 0.1) is 0 Å². The Hall–Kier alpha value is -0.0400. The molecule has 4 rings (SSSR count). The summed E-state index contributed by atoms with van der Waals surface area (Å²) in [5, 5.41) is 0. The van der Waals surface area contributed by atoms with Gasteiger partial charge in [0.1, 0.15) is 0 Å². The molecular weight excluding hydrogens is 206 g/mol. The van der Waals surface area contributed by atoms with E-state index < -0.39 is 0 Å². The maximum absolute atomic E-state index is 5.86.